The molecule has 0 bridgehead atoms. The molecule has 0 radical (unpaired) electrons. The Labute approximate surface area is 290 Å². The van der Waals surface area contributed by atoms with Crippen LogP contribution in [0.2, 0.25) is 0 Å². The van der Waals surface area contributed by atoms with Gasteiger partial charge in [0.2, 0.25) is 5.91 Å². The summed E-state index contributed by atoms with van der Waals surface area (Å²) in [6, 6.07) is 0. The maximum Gasteiger partial charge on any atom is 0.336 e. The van der Waals surface area contributed by atoms with Gasteiger partial charge in [-0.15, -0.1) is 11.5 Å². The van der Waals surface area contributed by atoms with Crippen molar-refractivity contribution in [1.29, 1.82) is 0 Å². The highest BCUT2D eigenvalue weighted by Crippen LogP contribution is 2.32. The van der Waals surface area contributed by atoms with E-state index >= 15 is 0 Å². The Morgan fingerprint density at radius 3 is 1.62 bits per heavy atom. The lowest BCUT2D eigenvalue weighted by Gasteiger charge is -2.30. The molecule has 5 aliphatic rings. The van der Waals surface area contributed by atoms with Crippen molar-refractivity contribution in [2.45, 2.75) is 64.2 Å². The maximum absolute atomic E-state index is 12.2. The summed E-state index contributed by atoms with van der Waals surface area (Å²) >= 11 is 0. The molecule has 3 heterocycles. The number of amides is 7. The van der Waals surface area contributed by atoms with E-state index < -0.39 is 17.8 Å². The molecule has 3 fully saturated rings. The second kappa shape index (κ2) is 18.9. The molecule has 15 heteroatoms. The summed E-state index contributed by atoms with van der Waals surface area (Å²) < 4.78 is 10.4. The van der Waals surface area contributed by atoms with Gasteiger partial charge in [0, 0.05) is 62.7 Å². The van der Waals surface area contributed by atoms with Gasteiger partial charge in [0.1, 0.15) is 6.61 Å². The van der Waals surface area contributed by atoms with Gasteiger partial charge in [0.15, 0.2) is 0 Å². The molecule has 0 aromatic rings. The van der Waals surface area contributed by atoms with Crippen LogP contribution in [0.4, 0.5) is 0 Å². The number of ether oxygens (including phenoxy) is 2. The highest BCUT2D eigenvalue weighted by Gasteiger charge is 2.37. The molecule has 0 aromatic heterocycles. The van der Waals surface area contributed by atoms with Gasteiger partial charge in [-0.05, 0) is 63.2 Å². The Morgan fingerprint density at radius 1 is 0.680 bits per heavy atom. The third-order valence-electron chi connectivity index (χ3n) is 9.37. The van der Waals surface area contributed by atoms with Gasteiger partial charge in [0.25, 0.3) is 35.4 Å². The van der Waals surface area contributed by atoms with Crippen LogP contribution in [0.1, 0.15) is 64.2 Å². The van der Waals surface area contributed by atoms with Crippen LogP contribution >= 0.6 is 0 Å². The van der Waals surface area contributed by atoms with Crippen molar-refractivity contribution in [2.75, 3.05) is 46.1 Å². The first-order valence-electron chi connectivity index (χ1n) is 17.1. The van der Waals surface area contributed by atoms with Gasteiger partial charge in [-0.3, -0.25) is 43.4 Å². The molecule has 0 atom stereocenters. The standard InChI is InChI=1S/C19H26N2O5.C16H18N2O6/c1-2-10-25-12-13-26-11-9-20-19(24)16-5-3-15(4-6-16)14-21-17(22)7-8-18(21)23;19-12-5-6-13(20)17(12)9-10-1-3-11(4-2-10)16(23)24-18-14(21)7-8-15(18)22/h1,7-8,15-16H,3-6,9-14H2,(H,20,24);5-6,10-11H,1-4,7-9H2. The zero-order chi connectivity index (χ0) is 36.0. The van der Waals surface area contributed by atoms with E-state index in [9.17, 15) is 38.4 Å². The molecule has 0 aromatic carbocycles. The Morgan fingerprint density at radius 2 is 1.14 bits per heavy atom. The molecule has 1 N–H and O–H groups in total. The SMILES string of the molecule is C#CCOCCOCCNC(=O)C1CCC(CN2C(=O)C=CC2=O)CC1.O=C(ON1C(=O)CCC1=O)C1CCC(CN2C(=O)C=CC2=O)CC1. The first kappa shape index (κ1) is 38.1. The van der Waals surface area contributed by atoms with Crippen molar-refractivity contribution < 1.29 is 52.7 Å². The van der Waals surface area contributed by atoms with E-state index in [-0.39, 0.29) is 72.7 Å². The number of hydrogen-bond donors (Lipinski definition) is 1. The van der Waals surface area contributed by atoms with Gasteiger partial charge < -0.3 is 19.6 Å². The Bertz CT molecular complexity index is 1370. The molecule has 2 saturated carbocycles. The van der Waals surface area contributed by atoms with Gasteiger partial charge in [-0.25, -0.2) is 4.79 Å². The predicted octanol–water partition coefficient (Wildman–Crippen LogP) is 0.825. The van der Waals surface area contributed by atoms with Crippen molar-refractivity contribution in [1.82, 2.24) is 20.2 Å². The zero-order valence-electron chi connectivity index (χ0n) is 28.0. The smallest absolute Gasteiger partial charge is 0.336 e. The number of carbonyl (C=O) groups is 8. The molecule has 15 nitrogen and oxygen atoms in total. The van der Waals surface area contributed by atoms with Crippen molar-refractivity contribution >= 4 is 47.3 Å². The summed E-state index contributed by atoms with van der Waals surface area (Å²) in [5, 5.41) is 3.46. The Kier molecular flexibility index (Phi) is 14.4. The van der Waals surface area contributed by atoms with Crippen LogP contribution in [0, 0.1) is 36.0 Å². The number of rotatable bonds is 14. The molecule has 1 saturated heterocycles. The van der Waals surface area contributed by atoms with Gasteiger partial charge >= 0.3 is 5.97 Å². The van der Waals surface area contributed by atoms with Crippen molar-refractivity contribution in [3.05, 3.63) is 24.3 Å². The van der Waals surface area contributed by atoms with E-state index in [1.54, 1.807) is 0 Å². The second-order valence-electron chi connectivity index (χ2n) is 12.8. The highest BCUT2D eigenvalue weighted by atomic mass is 16.7. The zero-order valence-corrected chi connectivity index (χ0v) is 28.0. The minimum Gasteiger partial charge on any atom is -0.377 e. The van der Waals surface area contributed by atoms with Crippen molar-refractivity contribution in [2.24, 2.45) is 23.7 Å². The normalized spacial score (nSPS) is 24.8. The van der Waals surface area contributed by atoms with Crippen LogP contribution in [0.25, 0.3) is 0 Å². The minimum absolute atomic E-state index is 0.00619. The van der Waals surface area contributed by atoms with Crippen LogP contribution in [-0.2, 0) is 52.7 Å². The Balaban J connectivity index is 0.000000225. The van der Waals surface area contributed by atoms with E-state index in [1.165, 1.54) is 34.1 Å². The van der Waals surface area contributed by atoms with Crippen LogP contribution in [-0.4, -0.2) is 108 Å². The largest absolute Gasteiger partial charge is 0.377 e. The van der Waals surface area contributed by atoms with Gasteiger partial charge in [0.05, 0.1) is 25.7 Å². The molecule has 5 rings (SSSR count). The van der Waals surface area contributed by atoms with E-state index in [4.69, 9.17) is 20.7 Å². The number of imide groups is 3. The topological polar surface area (TPSA) is 186 Å². The third-order valence-corrected chi connectivity index (χ3v) is 9.37. The molecular weight excluding hydrogens is 652 g/mol. The molecule has 270 valence electrons. The van der Waals surface area contributed by atoms with Crippen molar-refractivity contribution in [3.8, 4) is 12.3 Å². The Hall–Kier alpha value is -4.68. The van der Waals surface area contributed by atoms with Crippen LogP contribution in [0.3, 0.4) is 0 Å². The second-order valence-corrected chi connectivity index (χ2v) is 12.8. The van der Waals surface area contributed by atoms with E-state index in [1.807, 2.05) is 0 Å². The fourth-order valence-electron chi connectivity index (χ4n) is 6.49. The number of nitrogens with zero attached hydrogens (tertiary/aromatic N) is 3. The summed E-state index contributed by atoms with van der Waals surface area (Å²) in [5.41, 5.74) is 0. The number of hydrogen-bond acceptors (Lipinski definition) is 11. The lowest BCUT2D eigenvalue weighted by molar-refractivity contribution is -0.201. The van der Waals surface area contributed by atoms with Crippen LogP contribution in [0.15, 0.2) is 24.3 Å². The molecular formula is C35H44N4O11. The molecule has 0 unspecified atom stereocenters. The number of carbonyl (C=O) groups excluding carboxylic acids is 8. The number of nitrogens with one attached hydrogen (secondary N) is 1. The fourth-order valence-corrected chi connectivity index (χ4v) is 6.49. The maximum atomic E-state index is 12.2. The van der Waals surface area contributed by atoms with E-state index in [2.05, 4.69) is 11.2 Å². The summed E-state index contributed by atoms with van der Waals surface area (Å²) in [6.07, 6.45) is 16.0. The van der Waals surface area contributed by atoms with Gasteiger partial charge in [-0.1, -0.05) is 5.92 Å². The lowest BCUT2D eigenvalue weighted by atomic mass is 9.81. The first-order chi connectivity index (χ1) is 24.1. The molecule has 3 aliphatic heterocycles. The summed E-state index contributed by atoms with van der Waals surface area (Å²) in [6.45, 7) is 2.89. The highest BCUT2D eigenvalue weighted by molar-refractivity contribution is 6.13. The van der Waals surface area contributed by atoms with Crippen LogP contribution < -0.4 is 5.32 Å². The fraction of sp³-hybridized carbons (Fsp3) is 0.600. The molecule has 0 spiro atoms. The third kappa shape index (κ3) is 10.9. The molecule has 2 aliphatic carbocycles. The number of terminal acetylenes is 1. The lowest BCUT2D eigenvalue weighted by Crippen LogP contribution is -2.39. The van der Waals surface area contributed by atoms with Crippen LogP contribution in [0.5, 0.6) is 0 Å². The molecule has 7 amide bonds. The summed E-state index contributed by atoms with van der Waals surface area (Å²) in [4.78, 5) is 101. The average molecular weight is 697 g/mol. The quantitative estimate of drug-likeness (QED) is 0.154. The van der Waals surface area contributed by atoms with Crippen molar-refractivity contribution in [3.63, 3.8) is 0 Å². The first-order valence-corrected chi connectivity index (χ1v) is 17.1. The monoisotopic (exact) mass is 696 g/mol. The van der Waals surface area contributed by atoms with E-state index in [0.29, 0.717) is 70.2 Å². The molecule has 50 heavy (non-hydrogen) atoms. The van der Waals surface area contributed by atoms with Gasteiger partial charge in [-0.2, -0.15) is 0 Å². The van der Waals surface area contributed by atoms with E-state index in [0.717, 1.165) is 25.7 Å². The predicted molar refractivity (Wildman–Crippen MR) is 173 cm³/mol. The summed E-state index contributed by atoms with van der Waals surface area (Å²) in [7, 11) is 0. The minimum atomic E-state index is -0.563. The number of hydroxylamine groups is 2. The average Bonchev–Trinajstić information content (AvgIpc) is 3.73. The summed E-state index contributed by atoms with van der Waals surface area (Å²) in [5.74, 6) is -0.133.